The van der Waals surface area contributed by atoms with Crippen LogP contribution in [0.3, 0.4) is 0 Å². The number of nitrogens with zero attached hydrogens (tertiary/aromatic N) is 1. The molecule has 96 valence electrons. The highest BCUT2D eigenvalue weighted by atomic mass is 19.2. The van der Waals surface area contributed by atoms with Crippen molar-refractivity contribution in [3.63, 3.8) is 0 Å². The Morgan fingerprint density at radius 2 is 1.84 bits per heavy atom. The number of aromatic amines is 1. The lowest BCUT2D eigenvalue weighted by atomic mass is 10.1. The number of aryl methyl sites for hydroxylation is 1. The quantitative estimate of drug-likeness (QED) is 0.658. The van der Waals surface area contributed by atoms with Crippen molar-refractivity contribution in [1.82, 2.24) is 9.97 Å². The van der Waals surface area contributed by atoms with E-state index >= 15 is 0 Å². The van der Waals surface area contributed by atoms with Crippen LogP contribution in [0.4, 0.5) is 14.5 Å². The largest absolute Gasteiger partial charge is 0.399 e. The molecule has 0 amide bonds. The molecule has 0 unspecified atom stereocenters. The van der Waals surface area contributed by atoms with E-state index in [4.69, 9.17) is 5.73 Å². The minimum absolute atomic E-state index is 0.394. The van der Waals surface area contributed by atoms with Crippen LogP contribution >= 0.6 is 0 Å². The number of hydrogen-bond donors (Lipinski definition) is 2. The van der Waals surface area contributed by atoms with E-state index in [1.165, 1.54) is 0 Å². The van der Waals surface area contributed by atoms with Crippen molar-refractivity contribution in [3.8, 4) is 11.4 Å². The van der Waals surface area contributed by atoms with Crippen LogP contribution in [0, 0.1) is 18.6 Å². The summed E-state index contributed by atoms with van der Waals surface area (Å²) in [7, 11) is 0. The highest BCUT2D eigenvalue weighted by molar-refractivity contribution is 5.80. The first kappa shape index (κ1) is 11.6. The summed E-state index contributed by atoms with van der Waals surface area (Å²) in [6, 6.07) is 7.60. The van der Waals surface area contributed by atoms with E-state index in [-0.39, 0.29) is 0 Å². The predicted molar refractivity (Wildman–Crippen MR) is 70.6 cm³/mol. The molecule has 0 spiro atoms. The first-order chi connectivity index (χ1) is 9.04. The Labute approximate surface area is 108 Å². The lowest BCUT2D eigenvalue weighted by Crippen LogP contribution is -1.89. The van der Waals surface area contributed by atoms with E-state index in [1.807, 2.05) is 19.1 Å². The van der Waals surface area contributed by atoms with Crippen LogP contribution in [0.5, 0.6) is 0 Å². The predicted octanol–water partition coefficient (Wildman–Crippen LogP) is 3.40. The van der Waals surface area contributed by atoms with Gasteiger partial charge in [-0.15, -0.1) is 0 Å². The second kappa shape index (κ2) is 4.05. The Morgan fingerprint density at radius 3 is 2.58 bits per heavy atom. The molecule has 0 fully saturated rings. The third-order valence-electron chi connectivity index (χ3n) is 3.03. The Morgan fingerprint density at radius 1 is 1.11 bits per heavy atom. The molecule has 2 aromatic carbocycles. The average molecular weight is 259 g/mol. The summed E-state index contributed by atoms with van der Waals surface area (Å²) in [4.78, 5) is 7.25. The first-order valence-electron chi connectivity index (χ1n) is 5.76. The monoisotopic (exact) mass is 259 g/mol. The van der Waals surface area contributed by atoms with Gasteiger partial charge in [-0.2, -0.15) is 0 Å². The summed E-state index contributed by atoms with van der Waals surface area (Å²) in [6.45, 7) is 1.90. The number of benzene rings is 2. The van der Waals surface area contributed by atoms with Crippen LogP contribution in [0.15, 0.2) is 30.3 Å². The van der Waals surface area contributed by atoms with Gasteiger partial charge in [-0.1, -0.05) is 0 Å². The van der Waals surface area contributed by atoms with Crippen LogP contribution in [-0.2, 0) is 0 Å². The second-order valence-corrected chi connectivity index (χ2v) is 4.44. The number of aromatic nitrogens is 2. The number of anilines is 1. The van der Waals surface area contributed by atoms with E-state index in [1.54, 1.807) is 6.07 Å². The molecule has 3 aromatic rings. The Balaban J connectivity index is 2.20. The van der Waals surface area contributed by atoms with Gasteiger partial charge in [-0.25, -0.2) is 13.8 Å². The van der Waals surface area contributed by atoms with Crippen molar-refractivity contribution in [2.24, 2.45) is 0 Å². The van der Waals surface area contributed by atoms with Crippen LogP contribution in [-0.4, -0.2) is 9.97 Å². The molecule has 3 nitrogen and oxygen atoms in total. The van der Waals surface area contributed by atoms with Gasteiger partial charge >= 0.3 is 0 Å². The summed E-state index contributed by atoms with van der Waals surface area (Å²) in [5, 5.41) is 0. The topological polar surface area (TPSA) is 54.7 Å². The summed E-state index contributed by atoms with van der Waals surface area (Å²) in [5.41, 5.74) is 9.01. The van der Waals surface area contributed by atoms with E-state index in [0.29, 0.717) is 22.5 Å². The minimum Gasteiger partial charge on any atom is -0.399 e. The maximum Gasteiger partial charge on any atom is 0.161 e. The zero-order valence-corrected chi connectivity index (χ0v) is 10.2. The number of halogens is 2. The molecule has 0 saturated heterocycles. The van der Waals surface area contributed by atoms with Crippen molar-refractivity contribution in [2.75, 3.05) is 5.73 Å². The normalized spacial score (nSPS) is 11.1. The molecular weight excluding hydrogens is 248 g/mol. The zero-order chi connectivity index (χ0) is 13.6. The molecule has 0 atom stereocenters. The third kappa shape index (κ3) is 1.93. The molecule has 0 aliphatic rings. The van der Waals surface area contributed by atoms with Gasteiger partial charge in [-0.3, -0.25) is 0 Å². The SMILES string of the molecule is Cc1cc(N)ccc1-c1nc2cc(F)c(F)cc2[nH]1. The molecule has 0 aliphatic heterocycles. The van der Waals surface area contributed by atoms with Crippen molar-refractivity contribution < 1.29 is 8.78 Å². The first-order valence-corrected chi connectivity index (χ1v) is 5.76. The molecule has 1 aromatic heterocycles. The number of imidazole rings is 1. The third-order valence-corrected chi connectivity index (χ3v) is 3.03. The zero-order valence-electron chi connectivity index (χ0n) is 10.2. The molecule has 0 saturated carbocycles. The summed E-state index contributed by atoms with van der Waals surface area (Å²) < 4.78 is 26.3. The van der Waals surface area contributed by atoms with Gasteiger partial charge in [0, 0.05) is 23.4 Å². The Kier molecular flexibility index (Phi) is 2.48. The molecule has 0 radical (unpaired) electrons. The fraction of sp³-hybridized carbons (Fsp3) is 0.0714. The van der Waals surface area contributed by atoms with Crippen molar-refractivity contribution >= 4 is 16.7 Å². The molecule has 19 heavy (non-hydrogen) atoms. The number of nitrogens with one attached hydrogen (secondary N) is 1. The van der Waals surface area contributed by atoms with Crippen molar-refractivity contribution in [3.05, 3.63) is 47.5 Å². The maximum atomic E-state index is 13.2. The van der Waals surface area contributed by atoms with E-state index in [9.17, 15) is 8.78 Å². The highest BCUT2D eigenvalue weighted by Gasteiger charge is 2.11. The van der Waals surface area contributed by atoms with Crippen molar-refractivity contribution in [1.29, 1.82) is 0 Å². The summed E-state index contributed by atoms with van der Waals surface area (Å²) in [5.74, 6) is -1.23. The lowest BCUT2D eigenvalue weighted by Gasteiger charge is -2.03. The van der Waals surface area contributed by atoms with Gasteiger partial charge < -0.3 is 10.7 Å². The van der Waals surface area contributed by atoms with Gasteiger partial charge in [0.2, 0.25) is 0 Å². The number of rotatable bonds is 1. The highest BCUT2D eigenvalue weighted by Crippen LogP contribution is 2.26. The maximum absolute atomic E-state index is 13.2. The molecule has 5 heteroatoms. The molecule has 0 aliphatic carbocycles. The second-order valence-electron chi connectivity index (χ2n) is 4.44. The number of nitrogens with two attached hydrogens (primary N) is 1. The van der Waals surface area contributed by atoms with Crippen LogP contribution in [0.2, 0.25) is 0 Å². The summed E-state index contributed by atoms with van der Waals surface area (Å²) in [6.07, 6.45) is 0. The van der Waals surface area contributed by atoms with Gasteiger partial charge in [-0.05, 0) is 30.7 Å². The molecule has 0 bridgehead atoms. The summed E-state index contributed by atoms with van der Waals surface area (Å²) >= 11 is 0. The number of hydrogen-bond acceptors (Lipinski definition) is 2. The van der Waals surface area contributed by atoms with Gasteiger partial charge in [0.05, 0.1) is 11.0 Å². The van der Waals surface area contributed by atoms with Crippen LogP contribution in [0.1, 0.15) is 5.56 Å². The number of nitrogen functional groups attached to an aromatic ring is 1. The Hall–Kier alpha value is -2.43. The standard InChI is InChI=1S/C14H11F2N3/c1-7-4-8(17)2-3-9(7)14-18-12-5-10(15)11(16)6-13(12)19-14/h2-6H,17H2,1H3,(H,18,19). The van der Waals surface area contributed by atoms with Crippen molar-refractivity contribution in [2.45, 2.75) is 6.92 Å². The smallest absolute Gasteiger partial charge is 0.161 e. The average Bonchev–Trinajstić information content (AvgIpc) is 2.72. The number of fused-ring (bicyclic) bond motifs is 1. The van der Waals surface area contributed by atoms with Gasteiger partial charge in [0.1, 0.15) is 5.82 Å². The van der Waals surface area contributed by atoms with E-state index < -0.39 is 11.6 Å². The molecule has 3 N–H and O–H groups in total. The van der Waals surface area contributed by atoms with Crippen LogP contribution < -0.4 is 5.73 Å². The molecule has 1 heterocycles. The van der Waals surface area contributed by atoms with E-state index in [2.05, 4.69) is 9.97 Å². The lowest BCUT2D eigenvalue weighted by molar-refractivity contribution is 0.510. The molecule has 3 rings (SSSR count). The molecular formula is C14H11F2N3. The fourth-order valence-corrected chi connectivity index (χ4v) is 2.09. The number of H-pyrrole nitrogens is 1. The minimum atomic E-state index is -0.903. The van der Waals surface area contributed by atoms with Gasteiger partial charge in [0.25, 0.3) is 0 Å². The fourth-order valence-electron chi connectivity index (χ4n) is 2.09. The van der Waals surface area contributed by atoms with Gasteiger partial charge in [0.15, 0.2) is 11.6 Å². The Bertz CT molecular complexity index is 739. The van der Waals surface area contributed by atoms with E-state index in [0.717, 1.165) is 23.3 Å². The van der Waals surface area contributed by atoms with Crippen LogP contribution in [0.25, 0.3) is 22.4 Å².